The number of halogens is 2. The molecule has 1 fully saturated rings. The lowest BCUT2D eigenvalue weighted by molar-refractivity contribution is -0.132. The molecule has 1 amide bonds. The predicted molar refractivity (Wildman–Crippen MR) is 89.2 cm³/mol. The number of allylic oxidation sites excluding steroid dienone is 1. The van der Waals surface area contributed by atoms with Gasteiger partial charge in [0.1, 0.15) is 0 Å². The lowest BCUT2D eigenvalue weighted by atomic mass is 10.1. The fourth-order valence-electron chi connectivity index (χ4n) is 2.42. The Hall–Kier alpha value is -1.19. The van der Waals surface area contributed by atoms with Crippen molar-refractivity contribution >= 4 is 34.8 Å². The molecule has 1 heterocycles. The number of amides is 1. The Labute approximate surface area is 136 Å². The van der Waals surface area contributed by atoms with Crippen molar-refractivity contribution in [2.24, 2.45) is 5.92 Å². The van der Waals surface area contributed by atoms with Crippen LogP contribution in [0, 0.1) is 5.92 Å². The van der Waals surface area contributed by atoms with Crippen LogP contribution in [0.2, 0.25) is 10.0 Å². The third kappa shape index (κ3) is 4.39. The molecule has 1 unspecified atom stereocenters. The van der Waals surface area contributed by atoms with Crippen LogP contribution in [0.15, 0.2) is 30.9 Å². The van der Waals surface area contributed by atoms with Crippen LogP contribution in [0.3, 0.4) is 0 Å². The summed E-state index contributed by atoms with van der Waals surface area (Å²) >= 11 is 12.1. The van der Waals surface area contributed by atoms with Crippen molar-refractivity contribution < 1.29 is 4.79 Å². The second kappa shape index (κ2) is 7.19. The standard InChI is InChI=1S/C16H20Cl2N2O/c1-3-12(2)8-16(21)20-6-4-19(5-7-20)15-10-13(17)9-14(18)11-15/h3,9-12H,1,4-8H2,2H3. The van der Waals surface area contributed by atoms with Gasteiger partial charge in [-0.2, -0.15) is 0 Å². The molecule has 0 N–H and O–H groups in total. The first-order valence-corrected chi connectivity index (χ1v) is 7.86. The van der Waals surface area contributed by atoms with Crippen LogP contribution in [-0.4, -0.2) is 37.0 Å². The Kier molecular flexibility index (Phi) is 5.54. The minimum Gasteiger partial charge on any atom is -0.368 e. The van der Waals surface area contributed by atoms with Crippen LogP contribution in [0.5, 0.6) is 0 Å². The molecule has 1 aromatic rings. The number of anilines is 1. The molecule has 5 heteroatoms. The number of carbonyl (C=O) groups excluding carboxylic acids is 1. The van der Waals surface area contributed by atoms with Crippen molar-refractivity contribution in [1.82, 2.24) is 4.90 Å². The third-order valence-corrected chi connectivity index (χ3v) is 4.18. The van der Waals surface area contributed by atoms with Crippen LogP contribution in [0.1, 0.15) is 13.3 Å². The van der Waals surface area contributed by atoms with Gasteiger partial charge in [-0.3, -0.25) is 4.79 Å². The van der Waals surface area contributed by atoms with Crippen LogP contribution in [0.25, 0.3) is 0 Å². The SMILES string of the molecule is C=CC(C)CC(=O)N1CCN(c2cc(Cl)cc(Cl)c2)CC1. The molecule has 1 aromatic carbocycles. The van der Waals surface area contributed by atoms with E-state index in [-0.39, 0.29) is 11.8 Å². The highest BCUT2D eigenvalue weighted by Gasteiger charge is 2.22. The van der Waals surface area contributed by atoms with Gasteiger partial charge in [0.05, 0.1) is 0 Å². The van der Waals surface area contributed by atoms with Gasteiger partial charge >= 0.3 is 0 Å². The smallest absolute Gasteiger partial charge is 0.223 e. The number of carbonyl (C=O) groups is 1. The molecule has 1 atom stereocenters. The zero-order chi connectivity index (χ0) is 15.4. The highest BCUT2D eigenvalue weighted by atomic mass is 35.5. The van der Waals surface area contributed by atoms with E-state index >= 15 is 0 Å². The summed E-state index contributed by atoms with van der Waals surface area (Å²) in [6.07, 6.45) is 2.36. The maximum absolute atomic E-state index is 12.1. The Morgan fingerprint density at radius 1 is 1.24 bits per heavy atom. The fraction of sp³-hybridized carbons (Fsp3) is 0.438. The van der Waals surface area contributed by atoms with Crippen molar-refractivity contribution in [1.29, 1.82) is 0 Å². The van der Waals surface area contributed by atoms with E-state index in [2.05, 4.69) is 11.5 Å². The molecule has 2 rings (SSSR count). The lowest BCUT2D eigenvalue weighted by Gasteiger charge is -2.36. The van der Waals surface area contributed by atoms with Gasteiger partial charge in [0.15, 0.2) is 0 Å². The first-order valence-electron chi connectivity index (χ1n) is 7.11. The molecule has 0 aromatic heterocycles. The summed E-state index contributed by atoms with van der Waals surface area (Å²) in [5.74, 6) is 0.424. The normalized spacial score (nSPS) is 16.7. The quantitative estimate of drug-likeness (QED) is 0.784. The lowest BCUT2D eigenvalue weighted by Crippen LogP contribution is -2.49. The van der Waals surface area contributed by atoms with Gasteiger partial charge in [-0.1, -0.05) is 36.2 Å². The van der Waals surface area contributed by atoms with Crippen molar-refractivity contribution in [3.8, 4) is 0 Å². The summed E-state index contributed by atoms with van der Waals surface area (Å²) in [7, 11) is 0. The first-order chi connectivity index (χ1) is 9.99. The molecular formula is C16H20Cl2N2O. The van der Waals surface area contributed by atoms with Crippen LogP contribution >= 0.6 is 23.2 Å². The van der Waals surface area contributed by atoms with Crippen molar-refractivity contribution in [3.63, 3.8) is 0 Å². The van der Waals surface area contributed by atoms with E-state index in [1.165, 1.54) is 0 Å². The number of piperazine rings is 1. The molecule has 1 aliphatic rings. The van der Waals surface area contributed by atoms with Gasteiger partial charge in [0.25, 0.3) is 0 Å². The zero-order valence-corrected chi connectivity index (χ0v) is 13.7. The van der Waals surface area contributed by atoms with Crippen molar-refractivity contribution in [2.45, 2.75) is 13.3 Å². The first kappa shape index (κ1) is 16.2. The van der Waals surface area contributed by atoms with Gasteiger partial charge in [-0.25, -0.2) is 0 Å². The van der Waals surface area contributed by atoms with E-state index in [9.17, 15) is 4.79 Å². The number of benzene rings is 1. The molecule has 3 nitrogen and oxygen atoms in total. The Morgan fingerprint density at radius 3 is 2.33 bits per heavy atom. The van der Waals surface area contributed by atoms with E-state index in [1.807, 2.05) is 30.0 Å². The minimum atomic E-state index is 0.200. The molecule has 0 radical (unpaired) electrons. The van der Waals surface area contributed by atoms with Gasteiger partial charge in [-0.05, 0) is 24.1 Å². The maximum Gasteiger partial charge on any atom is 0.223 e. The van der Waals surface area contributed by atoms with Crippen molar-refractivity contribution in [3.05, 3.63) is 40.9 Å². The summed E-state index contributed by atoms with van der Waals surface area (Å²) in [5.41, 5.74) is 1.01. The molecule has 114 valence electrons. The third-order valence-electron chi connectivity index (χ3n) is 3.74. The molecule has 0 spiro atoms. The zero-order valence-electron chi connectivity index (χ0n) is 12.2. The van der Waals surface area contributed by atoms with E-state index < -0.39 is 0 Å². The molecule has 1 aliphatic heterocycles. The second-order valence-corrected chi connectivity index (χ2v) is 6.29. The van der Waals surface area contributed by atoms with E-state index in [0.29, 0.717) is 16.5 Å². The predicted octanol–water partition coefficient (Wildman–Crippen LogP) is 3.85. The average Bonchev–Trinajstić information content (AvgIpc) is 2.46. The summed E-state index contributed by atoms with van der Waals surface area (Å²) in [6, 6.07) is 5.54. The largest absolute Gasteiger partial charge is 0.368 e. The Balaban J connectivity index is 1.93. The van der Waals surface area contributed by atoms with Gasteiger partial charge in [0.2, 0.25) is 5.91 Å². The van der Waals surface area contributed by atoms with Gasteiger partial charge < -0.3 is 9.80 Å². The van der Waals surface area contributed by atoms with Gasteiger partial charge in [-0.15, -0.1) is 6.58 Å². The average molecular weight is 327 g/mol. The van der Waals surface area contributed by atoms with E-state index in [1.54, 1.807) is 6.07 Å². The summed E-state index contributed by atoms with van der Waals surface area (Å²) in [4.78, 5) is 16.3. The number of hydrogen-bond acceptors (Lipinski definition) is 2. The topological polar surface area (TPSA) is 23.6 Å². The van der Waals surface area contributed by atoms with E-state index in [4.69, 9.17) is 23.2 Å². The second-order valence-electron chi connectivity index (χ2n) is 5.41. The maximum atomic E-state index is 12.1. The van der Waals surface area contributed by atoms with Crippen LogP contribution < -0.4 is 4.90 Å². The minimum absolute atomic E-state index is 0.200. The molecule has 1 saturated heterocycles. The molecule has 0 bridgehead atoms. The number of hydrogen-bond donors (Lipinski definition) is 0. The summed E-state index contributed by atoms with van der Waals surface area (Å²) < 4.78 is 0. The Morgan fingerprint density at radius 2 is 1.81 bits per heavy atom. The van der Waals surface area contributed by atoms with Gasteiger partial charge in [0, 0.05) is 48.3 Å². The molecular weight excluding hydrogens is 307 g/mol. The molecule has 0 saturated carbocycles. The number of nitrogens with zero attached hydrogens (tertiary/aromatic N) is 2. The fourth-order valence-corrected chi connectivity index (χ4v) is 2.94. The summed E-state index contributed by atoms with van der Waals surface area (Å²) in [5, 5.41) is 1.27. The number of rotatable bonds is 4. The highest BCUT2D eigenvalue weighted by molar-refractivity contribution is 6.35. The molecule has 21 heavy (non-hydrogen) atoms. The highest BCUT2D eigenvalue weighted by Crippen LogP contribution is 2.26. The van der Waals surface area contributed by atoms with Crippen LogP contribution in [-0.2, 0) is 4.79 Å². The van der Waals surface area contributed by atoms with Crippen molar-refractivity contribution in [2.75, 3.05) is 31.1 Å². The van der Waals surface area contributed by atoms with Crippen LogP contribution in [0.4, 0.5) is 5.69 Å². The Bertz CT molecular complexity index is 505. The van der Waals surface area contributed by atoms with E-state index in [0.717, 1.165) is 31.9 Å². The molecule has 0 aliphatic carbocycles. The monoisotopic (exact) mass is 326 g/mol. The summed E-state index contributed by atoms with van der Waals surface area (Å²) in [6.45, 7) is 8.78.